The van der Waals surface area contributed by atoms with Gasteiger partial charge < -0.3 is 9.64 Å². The van der Waals surface area contributed by atoms with Crippen LogP contribution in [0, 0.1) is 0 Å². The fraction of sp³-hybridized carbons (Fsp3) is 0.435. The molecule has 0 atom stereocenters. The van der Waals surface area contributed by atoms with E-state index in [-0.39, 0.29) is 5.78 Å². The van der Waals surface area contributed by atoms with Gasteiger partial charge in [0.05, 0.1) is 12.2 Å². The maximum Gasteiger partial charge on any atom is 0.166 e. The lowest BCUT2D eigenvalue weighted by Crippen LogP contribution is -2.31. The molecular formula is C23H29NO2. The Morgan fingerprint density at radius 1 is 0.923 bits per heavy atom. The first kappa shape index (κ1) is 18.7. The molecule has 2 aromatic rings. The summed E-state index contributed by atoms with van der Waals surface area (Å²) in [5.41, 5.74) is 1.90. The standard InChI is InChI=1S/C23H29NO2/c25-22(15-14-20-10-3-1-4-11-20)21-12-5-6-13-23(21)26-19-9-18-24-16-7-2-8-17-24/h1,3-6,10-13H,2,7-9,14-19H2. The van der Waals surface area contributed by atoms with E-state index in [1.54, 1.807) is 0 Å². The maximum atomic E-state index is 12.6. The summed E-state index contributed by atoms with van der Waals surface area (Å²) in [6, 6.07) is 17.8. The molecule has 1 saturated heterocycles. The Bertz CT molecular complexity index is 678. The quantitative estimate of drug-likeness (QED) is 0.482. The maximum absolute atomic E-state index is 12.6. The summed E-state index contributed by atoms with van der Waals surface area (Å²) in [5.74, 6) is 0.879. The summed E-state index contributed by atoms with van der Waals surface area (Å²) in [6.45, 7) is 4.19. The molecule has 1 heterocycles. The molecule has 0 radical (unpaired) electrons. The molecule has 0 aliphatic carbocycles. The highest BCUT2D eigenvalue weighted by Crippen LogP contribution is 2.21. The van der Waals surface area contributed by atoms with Gasteiger partial charge in [0.25, 0.3) is 0 Å². The minimum atomic E-state index is 0.153. The summed E-state index contributed by atoms with van der Waals surface area (Å²) in [5, 5.41) is 0. The van der Waals surface area contributed by atoms with Crippen molar-refractivity contribution in [1.82, 2.24) is 4.90 Å². The van der Waals surface area contributed by atoms with E-state index in [2.05, 4.69) is 17.0 Å². The van der Waals surface area contributed by atoms with Crippen LogP contribution in [0.1, 0.15) is 48.0 Å². The predicted molar refractivity (Wildman–Crippen MR) is 106 cm³/mol. The van der Waals surface area contributed by atoms with Crippen LogP contribution in [0.2, 0.25) is 0 Å². The SMILES string of the molecule is O=C(CCc1ccccc1)c1ccccc1OCCCN1CCCCC1. The van der Waals surface area contributed by atoms with Gasteiger partial charge in [-0.3, -0.25) is 4.79 Å². The molecule has 1 fully saturated rings. The second kappa shape index (κ2) is 10.1. The van der Waals surface area contributed by atoms with Gasteiger partial charge in [-0.15, -0.1) is 0 Å². The molecule has 0 bridgehead atoms. The van der Waals surface area contributed by atoms with Gasteiger partial charge in [-0.05, 0) is 56.5 Å². The minimum Gasteiger partial charge on any atom is -0.493 e. The van der Waals surface area contributed by atoms with Crippen LogP contribution in [0.4, 0.5) is 0 Å². The van der Waals surface area contributed by atoms with Crippen LogP contribution >= 0.6 is 0 Å². The number of ketones is 1. The lowest BCUT2D eigenvalue weighted by Gasteiger charge is -2.26. The van der Waals surface area contributed by atoms with Gasteiger partial charge in [-0.2, -0.15) is 0 Å². The topological polar surface area (TPSA) is 29.5 Å². The first-order valence-electron chi connectivity index (χ1n) is 9.84. The molecule has 1 aliphatic rings. The summed E-state index contributed by atoms with van der Waals surface area (Å²) < 4.78 is 5.95. The number of benzene rings is 2. The molecule has 2 aromatic carbocycles. The number of carbonyl (C=O) groups is 1. The summed E-state index contributed by atoms with van der Waals surface area (Å²) in [6.07, 6.45) is 6.29. The molecule has 26 heavy (non-hydrogen) atoms. The largest absolute Gasteiger partial charge is 0.493 e. The van der Waals surface area contributed by atoms with Crippen molar-refractivity contribution in [2.75, 3.05) is 26.2 Å². The molecule has 0 spiro atoms. The van der Waals surface area contributed by atoms with Crippen LogP contribution in [-0.2, 0) is 6.42 Å². The number of aryl methyl sites for hydroxylation is 1. The molecule has 0 amide bonds. The molecule has 1 aliphatic heterocycles. The molecule has 0 unspecified atom stereocenters. The number of piperidine rings is 1. The van der Waals surface area contributed by atoms with Gasteiger partial charge in [0.2, 0.25) is 0 Å². The zero-order chi connectivity index (χ0) is 18.0. The van der Waals surface area contributed by atoms with Crippen molar-refractivity contribution >= 4 is 5.78 Å². The van der Waals surface area contributed by atoms with Crippen LogP contribution in [0.3, 0.4) is 0 Å². The molecule has 0 aromatic heterocycles. The number of para-hydroxylation sites is 1. The second-order valence-corrected chi connectivity index (χ2v) is 7.01. The molecule has 3 heteroatoms. The van der Waals surface area contributed by atoms with Crippen LogP contribution in [0.15, 0.2) is 54.6 Å². The zero-order valence-electron chi connectivity index (χ0n) is 15.5. The van der Waals surface area contributed by atoms with Crippen LogP contribution in [-0.4, -0.2) is 36.9 Å². The number of rotatable bonds is 9. The number of ether oxygens (including phenoxy) is 1. The molecular weight excluding hydrogens is 322 g/mol. The monoisotopic (exact) mass is 351 g/mol. The summed E-state index contributed by atoms with van der Waals surface area (Å²) in [7, 11) is 0. The second-order valence-electron chi connectivity index (χ2n) is 7.01. The van der Waals surface area contributed by atoms with Crippen molar-refractivity contribution in [1.29, 1.82) is 0 Å². The van der Waals surface area contributed by atoms with Crippen molar-refractivity contribution in [3.8, 4) is 5.75 Å². The van der Waals surface area contributed by atoms with Gasteiger partial charge in [0.15, 0.2) is 5.78 Å². The number of Topliss-reactive ketones (excluding diaryl/α,β-unsaturated/α-hetero) is 1. The van der Waals surface area contributed by atoms with E-state index in [0.29, 0.717) is 18.6 Å². The van der Waals surface area contributed by atoms with Crippen molar-refractivity contribution in [2.24, 2.45) is 0 Å². The molecule has 0 N–H and O–H groups in total. The van der Waals surface area contributed by atoms with E-state index in [4.69, 9.17) is 4.74 Å². The summed E-state index contributed by atoms with van der Waals surface area (Å²) >= 11 is 0. The highest BCUT2D eigenvalue weighted by atomic mass is 16.5. The van der Waals surface area contributed by atoms with Crippen LogP contribution in [0.5, 0.6) is 5.75 Å². The van der Waals surface area contributed by atoms with E-state index in [0.717, 1.165) is 25.1 Å². The van der Waals surface area contributed by atoms with E-state index in [9.17, 15) is 4.79 Å². The highest BCUT2D eigenvalue weighted by Gasteiger charge is 2.13. The van der Waals surface area contributed by atoms with Gasteiger partial charge in [0.1, 0.15) is 5.75 Å². The smallest absolute Gasteiger partial charge is 0.166 e. The lowest BCUT2D eigenvalue weighted by atomic mass is 10.0. The van der Waals surface area contributed by atoms with Crippen molar-refractivity contribution < 1.29 is 9.53 Å². The Labute approximate surface area is 157 Å². The van der Waals surface area contributed by atoms with Gasteiger partial charge in [0, 0.05) is 13.0 Å². The van der Waals surface area contributed by atoms with Crippen LogP contribution in [0.25, 0.3) is 0 Å². The molecule has 3 rings (SSSR count). The minimum absolute atomic E-state index is 0.153. The van der Waals surface area contributed by atoms with E-state index in [1.165, 1.54) is 37.9 Å². The van der Waals surface area contributed by atoms with E-state index < -0.39 is 0 Å². The highest BCUT2D eigenvalue weighted by molar-refractivity contribution is 5.98. The first-order chi connectivity index (χ1) is 12.8. The Kier molecular flexibility index (Phi) is 7.26. The average Bonchev–Trinajstić information content (AvgIpc) is 2.71. The van der Waals surface area contributed by atoms with E-state index in [1.807, 2.05) is 42.5 Å². The first-order valence-corrected chi connectivity index (χ1v) is 9.84. The van der Waals surface area contributed by atoms with Gasteiger partial charge in [-0.25, -0.2) is 0 Å². The molecule has 3 nitrogen and oxygen atoms in total. The molecule has 138 valence electrons. The normalized spacial score (nSPS) is 14.9. The average molecular weight is 351 g/mol. The number of hydrogen-bond donors (Lipinski definition) is 0. The fourth-order valence-corrected chi connectivity index (χ4v) is 3.51. The third-order valence-electron chi connectivity index (χ3n) is 5.00. The lowest BCUT2D eigenvalue weighted by molar-refractivity contribution is 0.0978. The van der Waals surface area contributed by atoms with Gasteiger partial charge >= 0.3 is 0 Å². The summed E-state index contributed by atoms with van der Waals surface area (Å²) in [4.78, 5) is 15.1. The number of hydrogen-bond acceptors (Lipinski definition) is 3. The van der Waals surface area contributed by atoms with Crippen molar-refractivity contribution in [2.45, 2.75) is 38.5 Å². The third-order valence-corrected chi connectivity index (χ3v) is 5.00. The Balaban J connectivity index is 1.48. The number of carbonyl (C=O) groups excluding carboxylic acids is 1. The Morgan fingerprint density at radius 3 is 2.46 bits per heavy atom. The zero-order valence-corrected chi connectivity index (χ0v) is 15.5. The molecule has 0 saturated carbocycles. The third kappa shape index (κ3) is 5.70. The number of nitrogens with zero attached hydrogens (tertiary/aromatic N) is 1. The van der Waals surface area contributed by atoms with Gasteiger partial charge in [-0.1, -0.05) is 48.9 Å². The Hall–Kier alpha value is -2.13. The van der Waals surface area contributed by atoms with Crippen molar-refractivity contribution in [3.05, 3.63) is 65.7 Å². The fourth-order valence-electron chi connectivity index (χ4n) is 3.51. The van der Waals surface area contributed by atoms with Crippen LogP contribution < -0.4 is 4.74 Å². The van der Waals surface area contributed by atoms with Crippen molar-refractivity contribution in [3.63, 3.8) is 0 Å². The van der Waals surface area contributed by atoms with E-state index >= 15 is 0 Å². The predicted octanol–water partition coefficient (Wildman–Crippen LogP) is 4.76. The number of likely N-dealkylation sites (tertiary alicyclic amines) is 1. The Morgan fingerprint density at radius 2 is 1.65 bits per heavy atom.